The molecule has 1 aromatic carbocycles. The van der Waals surface area contributed by atoms with Crippen LogP contribution in [0.2, 0.25) is 0 Å². The molecule has 3 heterocycles. The van der Waals surface area contributed by atoms with Gasteiger partial charge in [-0.25, -0.2) is 0 Å². The number of ether oxygens (including phenoxy) is 2. The molecule has 1 N–H and O–H groups in total. The molecule has 4 rings (SSSR count). The topological polar surface area (TPSA) is 59.1 Å². The second kappa shape index (κ2) is 7.52. The summed E-state index contributed by atoms with van der Waals surface area (Å²) < 4.78 is 12.0. The van der Waals surface area contributed by atoms with Crippen molar-refractivity contribution < 1.29 is 19.4 Å². The van der Waals surface area contributed by atoms with Gasteiger partial charge in [-0.15, -0.1) is 11.8 Å². The van der Waals surface area contributed by atoms with Crippen LogP contribution in [-0.4, -0.2) is 41.2 Å². The van der Waals surface area contributed by atoms with Crippen LogP contribution in [0, 0.1) is 11.8 Å². The Morgan fingerprint density at radius 1 is 1.04 bits per heavy atom. The van der Waals surface area contributed by atoms with E-state index in [0.717, 1.165) is 18.6 Å². The first kappa shape index (κ1) is 17.1. The summed E-state index contributed by atoms with van der Waals surface area (Å²) in [7, 11) is 0. The smallest absolute Gasteiger partial charge is 0.303 e. The van der Waals surface area contributed by atoms with Crippen LogP contribution in [-0.2, 0) is 14.3 Å². The molecule has 3 fully saturated rings. The first-order chi connectivity index (χ1) is 12.2. The molecular formula is C20H24O4S. The Morgan fingerprint density at radius 2 is 1.76 bits per heavy atom. The van der Waals surface area contributed by atoms with Crippen molar-refractivity contribution in [3.63, 3.8) is 0 Å². The highest BCUT2D eigenvalue weighted by Crippen LogP contribution is 2.55. The molecule has 0 unspecified atom stereocenters. The SMILES string of the molecule is O=C(O)CCCC=CC[C@H]1[C@@H](CSc2ccccc2)[C@@H]2O[C@H]1[C@@H]1O[C@@H]12. The molecule has 3 aliphatic rings. The highest BCUT2D eigenvalue weighted by atomic mass is 32.2. The lowest BCUT2D eigenvalue weighted by atomic mass is 9.78. The van der Waals surface area contributed by atoms with Gasteiger partial charge in [0.05, 0.1) is 12.2 Å². The summed E-state index contributed by atoms with van der Waals surface area (Å²) in [6, 6.07) is 10.5. The monoisotopic (exact) mass is 360 g/mol. The van der Waals surface area contributed by atoms with Gasteiger partial charge in [0, 0.05) is 23.0 Å². The highest BCUT2D eigenvalue weighted by Gasteiger charge is 2.68. The number of fused-ring (bicyclic) bond motifs is 5. The Morgan fingerprint density at radius 3 is 2.52 bits per heavy atom. The second-order valence-corrected chi connectivity index (χ2v) is 8.17. The minimum atomic E-state index is -0.718. The van der Waals surface area contributed by atoms with Crippen molar-refractivity contribution in [2.45, 2.75) is 55.0 Å². The van der Waals surface area contributed by atoms with E-state index in [1.807, 2.05) is 17.8 Å². The van der Waals surface area contributed by atoms with Crippen molar-refractivity contribution in [1.29, 1.82) is 0 Å². The highest BCUT2D eigenvalue weighted by molar-refractivity contribution is 7.99. The normalized spacial score (nSPS) is 35.2. The summed E-state index contributed by atoms with van der Waals surface area (Å²) in [5, 5.41) is 8.68. The van der Waals surface area contributed by atoms with Crippen LogP contribution in [0.15, 0.2) is 47.4 Å². The third kappa shape index (κ3) is 3.78. The quantitative estimate of drug-likeness (QED) is 0.314. The number of thioether (sulfide) groups is 1. The lowest BCUT2D eigenvalue weighted by Crippen LogP contribution is -2.34. The zero-order chi connectivity index (χ0) is 17.2. The zero-order valence-electron chi connectivity index (χ0n) is 14.1. The van der Waals surface area contributed by atoms with E-state index in [1.165, 1.54) is 4.90 Å². The summed E-state index contributed by atoms with van der Waals surface area (Å²) in [5.41, 5.74) is 0. The van der Waals surface area contributed by atoms with E-state index < -0.39 is 5.97 Å². The Balaban J connectivity index is 1.31. The zero-order valence-corrected chi connectivity index (χ0v) is 14.9. The first-order valence-corrected chi connectivity index (χ1v) is 10.1. The minimum Gasteiger partial charge on any atom is -0.481 e. The van der Waals surface area contributed by atoms with Gasteiger partial charge < -0.3 is 14.6 Å². The maximum absolute atomic E-state index is 10.5. The number of hydrogen-bond acceptors (Lipinski definition) is 4. The molecule has 5 heteroatoms. The summed E-state index contributed by atoms with van der Waals surface area (Å²) in [4.78, 5) is 11.9. The number of unbranched alkanes of at least 4 members (excludes halogenated alkanes) is 1. The number of carbonyl (C=O) groups is 1. The molecule has 0 radical (unpaired) electrons. The average Bonchev–Trinajstić information content (AvgIpc) is 3.24. The van der Waals surface area contributed by atoms with E-state index in [4.69, 9.17) is 14.6 Å². The van der Waals surface area contributed by atoms with Gasteiger partial charge in [0.1, 0.15) is 12.2 Å². The maximum Gasteiger partial charge on any atom is 0.303 e. The van der Waals surface area contributed by atoms with E-state index in [9.17, 15) is 4.79 Å². The number of hydrogen-bond donors (Lipinski definition) is 1. The third-order valence-electron chi connectivity index (χ3n) is 5.44. The molecule has 3 saturated heterocycles. The molecule has 3 aliphatic heterocycles. The molecule has 1 aromatic rings. The van der Waals surface area contributed by atoms with Crippen LogP contribution in [0.1, 0.15) is 25.7 Å². The Bertz CT molecular complexity index is 632. The summed E-state index contributed by atoms with van der Waals surface area (Å²) in [6.07, 6.45) is 8.30. The van der Waals surface area contributed by atoms with Crippen molar-refractivity contribution in [3.05, 3.63) is 42.5 Å². The summed E-state index contributed by atoms with van der Waals surface area (Å²) in [5.74, 6) is 1.39. The molecule has 0 saturated carbocycles. The largest absolute Gasteiger partial charge is 0.481 e. The van der Waals surface area contributed by atoms with Gasteiger partial charge in [-0.05, 0) is 37.3 Å². The van der Waals surface area contributed by atoms with Gasteiger partial charge in [-0.3, -0.25) is 4.79 Å². The summed E-state index contributed by atoms with van der Waals surface area (Å²) in [6.45, 7) is 0. The van der Waals surface area contributed by atoms with E-state index in [0.29, 0.717) is 30.5 Å². The van der Waals surface area contributed by atoms with Gasteiger partial charge in [0.25, 0.3) is 0 Å². The van der Waals surface area contributed by atoms with Crippen molar-refractivity contribution in [3.8, 4) is 0 Å². The fourth-order valence-electron chi connectivity index (χ4n) is 4.16. The fourth-order valence-corrected chi connectivity index (χ4v) is 5.33. The third-order valence-corrected chi connectivity index (χ3v) is 6.60. The number of rotatable bonds is 9. The van der Waals surface area contributed by atoms with E-state index >= 15 is 0 Å². The van der Waals surface area contributed by atoms with Crippen LogP contribution in [0.3, 0.4) is 0 Å². The van der Waals surface area contributed by atoms with Gasteiger partial charge in [0.15, 0.2) is 0 Å². The molecule has 0 aromatic heterocycles. The first-order valence-electron chi connectivity index (χ1n) is 9.09. The second-order valence-electron chi connectivity index (χ2n) is 7.08. The number of allylic oxidation sites excluding steroid dienone is 2. The molecule has 2 bridgehead atoms. The van der Waals surface area contributed by atoms with Crippen molar-refractivity contribution >= 4 is 17.7 Å². The molecular weight excluding hydrogens is 336 g/mol. The van der Waals surface area contributed by atoms with Crippen LogP contribution < -0.4 is 0 Å². The molecule has 0 amide bonds. The lowest BCUT2D eigenvalue weighted by Gasteiger charge is -2.24. The molecule has 4 nitrogen and oxygen atoms in total. The van der Waals surface area contributed by atoms with Gasteiger partial charge in [-0.1, -0.05) is 30.4 Å². The van der Waals surface area contributed by atoms with Crippen molar-refractivity contribution in [2.75, 3.05) is 5.75 Å². The molecule has 0 spiro atoms. The van der Waals surface area contributed by atoms with Crippen molar-refractivity contribution in [2.24, 2.45) is 11.8 Å². The van der Waals surface area contributed by atoms with E-state index in [-0.39, 0.29) is 18.6 Å². The van der Waals surface area contributed by atoms with Gasteiger partial charge in [0.2, 0.25) is 0 Å². The average molecular weight is 360 g/mol. The van der Waals surface area contributed by atoms with Gasteiger partial charge in [-0.2, -0.15) is 0 Å². The van der Waals surface area contributed by atoms with E-state index in [2.05, 4.69) is 36.4 Å². The van der Waals surface area contributed by atoms with Gasteiger partial charge >= 0.3 is 5.97 Å². The molecule has 134 valence electrons. The Kier molecular flexibility index (Phi) is 5.15. The standard InChI is InChI=1S/C20H24O4S/c21-16(22)11-7-2-1-6-10-14-15(12-25-13-8-4-3-5-9-13)18-20-19(24-20)17(14)23-18/h1,3-6,8-9,14-15,17-20H,2,7,10-12H2,(H,21,22)/t14-,15+,17+,18-,19-,20+/m0/s1. The summed E-state index contributed by atoms with van der Waals surface area (Å²) >= 11 is 1.91. The van der Waals surface area contributed by atoms with Crippen molar-refractivity contribution in [1.82, 2.24) is 0 Å². The van der Waals surface area contributed by atoms with E-state index in [1.54, 1.807) is 0 Å². The van der Waals surface area contributed by atoms with Crippen LogP contribution >= 0.6 is 11.8 Å². The predicted molar refractivity (Wildman–Crippen MR) is 96.7 cm³/mol. The number of aliphatic carboxylic acids is 1. The molecule has 6 atom stereocenters. The molecule has 25 heavy (non-hydrogen) atoms. The van der Waals surface area contributed by atoms with Crippen LogP contribution in [0.4, 0.5) is 0 Å². The Hall–Kier alpha value is -1.30. The lowest BCUT2D eigenvalue weighted by molar-refractivity contribution is -0.137. The minimum absolute atomic E-state index is 0.246. The fraction of sp³-hybridized carbons (Fsp3) is 0.550. The van der Waals surface area contributed by atoms with Crippen LogP contribution in [0.5, 0.6) is 0 Å². The maximum atomic E-state index is 10.5. The number of benzene rings is 1. The molecule has 0 aliphatic carbocycles. The number of carboxylic acid groups (broad SMARTS) is 1. The number of carboxylic acids is 1. The Labute approximate surface area is 152 Å². The number of epoxide rings is 1. The van der Waals surface area contributed by atoms with Crippen LogP contribution in [0.25, 0.3) is 0 Å². The predicted octanol–water partition coefficient (Wildman–Crippen LogP) is 3.76.